The van der Waals surface area contributed by atoms with Crippen LogP contribution in [0.2, 0.25) is 0 Å². The zero-order chi connectivity index (χ0) is 14.1. The van der Waals surface area contributed by atoms with Crippen molar-refractivity contribution in [2.45, 2.75) is 18.9 Å². The van der Waals surface area contributed by atoms with Gasteiger partial charge in [0.2, 0.25) is 0 Å². The second kappa shape index (κ2) is 5.29. The molecule has 0 heterocycles. The molecule has 2 nitrogen and oxygen atoms in total. The molecule has 0 unspecified atom stereocenters. The first-order valence-corrected chi connectivity index (χ1v) is 7.17. The molecule has 1 N–H and O–H groups in total. The van der Waals surface area contributed by atoms with Gasteiger partial charge in [-0.2, -0.15) is 0 Å². The number of aliphatic hydroxyl groups excluding tert-OH is 1. The quantitative estimate of drug-likeness (QED) is 0.923. The summed E-state index contributed by atoms with van der Waals surface area (Å²) in [5.41, 5.74) is 4.92. The monoisotopic (exact) mass is 267 g/mol. The van der Waals surface area contributed by atoms with Gasteiger partial charge in [0.05, 0.1) is 6.10 Å². The molecule has 0 saturated carbocycles. The van der Waals surface area contributed by atoms with E-state index >= 15 is 0 Å². The Bertz CT molecular complexity index is 589. The first kappa shape index (κ1) is 13.2. The van der Waals surface area contributed by atoms with Crippen molar-refractivity contribution in [2.75, 3.05) is 19.0 Å². The zero-order valence-electron chi connectivity index (χ0n) is 12.1. The first-order chi connectivity index (χ1) is 9.65. The van der Waals surface area contributed by atoms with Crippen molar-refractivity contribution in [3.05, 3.63) is 65.2 Å². The lowest BCUT2D eigenvalue weighted by molar-refractivity contribution is 0.123. The number of nitrogens with zero attached hydrogens (tertiary/aromatic N) is 1. The van der Waals surface area contributed by atoms with Crippen LogP contribution < -0.4 is 4.90 Å². The lowest BCUT2D eigenvalue weighted by Crippen LogP contribution is -2.11. The highest BCUT2D eigenvalue weighted by Gasteiger charge is 2.30. The number of aliphatic hydroxyl groups is 1. The van der Waals surface area contributed by atoms with Crippen LogP contribution >= 0.6 is 0 Å². The van der Waals surface area contributed by atoms with Crippen molar-refractivity contribution in [1.29, 1.82) is 0 Å². The summed E-state index contributed by atoms with van der Waals surface area (Å²) in [6.07, 6.45) is 1.59. The summed E-state index contributed by atoms with van der Waals surface area (Å²) in [5.74, 6) is 0.303. The molecule has 2 atom stereocenters. The van der Waals surface area contributed by atoms with Gasteiger partial charge in [0, 0.05) is 19.8 Å². The largest absolute Gasteiger partial charge is 0.388 e. The van der Waals surface area contributed by atoms with E-state index in [1.165, 1.54) is 16.8 Å². The number of hydrogen-bond acceptors (Lipinski definition) is 2. The molecule has 0 radical (unpaired) electrons. The molecule has 2 aromatic rings. The van der Waals surface area contributed by atoms with Crippen molar-refractivity contribution in [1.82, 2.24) is 0 Å². The Hall–Kier alpha value is -1.80. The minimum Gasteiger partial charge on any atom is -0.388 e. The lowest BCUT2D eigenvalue weighted by atomic mass is 9.94. The minimum atomic E-state index is -0.320. The van der Waals surface area contributed by atoms with E-state index in [1.807, 2.05) is 20.2 Å². The molecule has 104 valence electrons. The molecule has 0 fully saturated rings. The molecular formula is C18H21NO. The van der Waals surface area contributed by atoms with Gasteiger partial charge in [-0.15, -0.1) is 0 Å². The molecule has 0 aliphatic heterocycles. The summed E-state index contributed by atoms with van der Waals surface area (Å²) in [5, 5.41) is 10.4. The molecule has 1 aliphatic rings. The average Bonchev–Trinajstić information content (AvgIpc) is 2.77. The fraction of sp³-hybridized carbons (Fsp3) is 0.333. The van der Waals surface area contributed by atoms with Crippen LogP contribution in [0.4, 0.5) is 5.69 Å². The highest BCUT2D eigenvalue weighted by Crippen LogP contribution is 2.37. The predicted molar refractivity (Wildman–Crippen MR) is 83.1 cm³/mol. The SMILES string of the molecule is CN(C)c1ccc(C[C@@H]2Cc3ccccc3[C@@H]2O)cc1. The van der Waals surface area contributed by atoms with Crippen LogP contribution in [-0.4, -0.2) is 19.2 Å². The summed E-state index contributed by atoms with van der Waals surface area (Å²) in [6.45, 7) is 0. The third kappa shape index (κ3) is 2.44. The Labute approximate surface area is 120 Å². The number of fused-ring (bicyclic) bond motifs is 1. The average molecular weight is 267 g/mol. The Balaban J connectivity index is 1.73. The van der Waals surface area contributed by atoms with Crippen LogP contribution in [0.15, 0.2) is 48.5 Å². The van der Waals surface area contributed by atoms with Crippen molar-refractivity contribution in [2.24, 2.45) is 5.92 Å². The molecule has 0 bridgehead atoms. The van der Waals surface area contributed by atoms with Gasteiger partial charge in [-0.3, -0.25) is 0 Å². The van der Waals surface area contributed by atoms with Gasteiger partial charge in [-0.05, 0) is 47.6 Å². The van der Waals surface area contributed by atoms with E-state index in [0.29, 0.717) is 5.92 Å². The Morgan fingerprint density at radius 1 is 1.05 bits per heavy atom. The summed E-state index contributed by atoms with van der Waals surface area (Å²) in [6, 6.07) is 16.9. The fourth-order valence-corrected chi connectivity index (χ4v) is 3.07. The van der Waals surface area contributed by atoms with Crippen LogP contribution in [0.1, 0.15) is 22.8 Å². The molecule has 3 rings (SSSR count). The van der Waals surface area contributed by atoms with Crippen LogP contribution in [0, 0.1) is 5.92 Å². The van der Waals surface area contributed by atoms with Crippen LogP contribution in [-0.2, 0) is 12.8 Å². The number of hydrogen-bond donors (Lipinski definition) is 1. The van der Waals surface area contributed by atoms with Crippen molar-refractivity contribution >= 4 is 5.69 Å². The third-order valence-corrected chi connectivity index (χ3v) is 4.25. The Kier molecular flexibility index (Phi) is 3.49. The topological polar surface area (TPSA) is 23.5 Å². The van der Waals surface area contributed by atoms with E-state index in [0.717, 1.165) is 18.4 Å². The minimum absolute atomic E-state index is 0.303. The van der Waals surface area contributed by atoms with Crippen LogP contribution in [0.3, 0.4) is 0 Å². The second-order valence-electron chi connectivity index (χ2n) is 5.87. The zero-order valence-corrected chi connectivity index (χ0v) is 12.1. The molecule has 20 heavy (non-hydrogen) atoms. The third-order valence-electron chi connectivity index (χ3n) is 4.25. The number of anilines is 1. The van der Waals surface area contributed by atoms with E-state index in [1.54, 1.807) is 0 Å². The summed E-state index contributed by atoms with van der Waals surface area (Å²) in [7, 11) is 4.10. The van der Waals surface area contributed by atoms with Gasteiger partial charge >= 0.3 is 0 Å². The van der Waals surface area contributed by atoms with Gasteiger partial charge in [-0.25, -0.2) is 0 Å². The molecular weight excluding hydrogens is 246 g/mol. The maximum Gasteiger partial charge on any atom is 0.0827 e. The van der Waals surface area contributed by atoms with E-state index in [-0.39, 0.29) is 6.10 Å². The van der Waals surface area contributed by atoms with Gasteiger partial charge < -0.3 is 10.0 Å². The molecule has 0 aromatic heterocycles. The second-order valence-corrected chi connectivity index (χ2v) is 5.87. The summed E-state index contributed by atoms with van der Waals surface area (Å²) in [4.78, 5) is 2.10. The smallest absolute Gasteiger partial charge is 0.0827 e. The van der Waals surface area contributed by atoms with E-state index < -0.39 is 0 Å². The predicted octanol–water partition coefficient (Wildman–Crippen LogP) is 3.20. The number of rotatable bonds is 3. The first-order valence-electron chi connectivity index (χ1n) is 7.17. The van der Waals surface area contributed by atoms with Gasteiger partial charge in [-0.1, -0.05) is 36.4 Å². The summed E-state index contributed by atoms with van der Waals surface area (Å²) < 4.78 is 0. The van der Waals surface area contributed by atoms with Crippen molar-refractivity contribution in [3.63, 3.8) is 0 Å². The molecule has 1 aliphatic carbocycles. The van der Waals surface area contributed by atoms with Crippen LogP contribution in [0.25, 0.3) is 0 Å². The van der Waals surface area contributed by atoms with Gasteiger partial charge in [0.25, 0.3) is 0 Å². The summed E-state index contributed by atoms with van der Waals surface area (Å²) >= 11 is 0. The normalized spacial score (nSPS) is 20.8. The van der Waals surface area contributed by atoms with Crippen molar-refractivity contribution in [3.8, 4) is 0 Å². The standard InChI is InChI=1S/C18H21NO/c1-19(2)16-9-7-13(8-10-16)11-15-12-14-5-3-4-6-17(14)18(15)20/h3-10,15,18,20H,11-12H2,1-2H3/t15-,18-/m1/s1. The van der Waals surface area contributed by atoms with E-state index in [4.69, 9.17) is 0 Å². The maximum absolute atomic E-state index is 10.4. The molecule has 2 aromatic carbocycles. The van der Waals surface area contributed by atoms with Gasteiger partial charge in [0.1, 0.15) is 0 Å². The lowest BCUT2D eigenvalue weighted by Gasteiger charge is -2.16. The highest BCUT2D eigenvalue weighted by molar-refractivity contribution is 5.46. The Morgan fingerprint density at radius 2 is 1.75 bits per heavy atom. The Morgan fingerprint density at radius 3 is 2.40 bits per heavy atom. The van der Waals surface area contributed by atoms with E-state index in [2.05, 4.69) is 47.4 Å². The molecule has 0 amide bonds. The van der Waals surface area contributed by atoms with Crippen LogP contribution in [0.5, 0.6) is 0 Å². The fourth-order valence-electron chi connectivity index (χ4n) is 3.07. The maximum atomic E-state index is 10.4. The molecule has 2 heteroatoms. The molecule has 0 saturated heterocycles. The van der Waals surface area contributed by atoms with E-state index in [9.17, 15) is 5.11 Å². The number of benzene rings is 2. The van der Waals surface area contributed by atoms with Gasteiger partial charge in [0.15, 0.2) is 0 Å². The molecule has 0 spiro atoms. The van der Waals surface area contributed by atoms with Crippen molar-refractivity contribution < 1.29 is 5.11 Å². The highest BCUT2D eigenvalue weighted by atomic mass is 16.3.